The first-order chi connectivity index (χ1) is 16.0. The van der Waals surface area contributed by atoms with Crippen LogP contribution in [0.25, 0.3) is 11.4 Å². The molecule has 7 heteroatoms. The molecule has 0 atom stereocenters. The number of halogens is 1. The summed E-state index contributed by atoms with van der Waals surface area (Å²) in [5, 5.41) is 0. The zero-order valence-corrected chi connectivity index (χ0v) is 18.8. The SMILES string of the molecule is C/N=C/c1cc(-c2ncc3c(n2)CCN(CCc2ccc4c(c2C)COC4=O)C3)ccc1F. The Labute approximate surface area is 192 Å². The molecule has 3 heterocycles. The van der Waals surface area contributed by atoms with Gasteiger partial charge in [-0.3, -0.25) is 9.89 Å². The largest absolute Gasteiger partial charge is 0.457 e. The molecule has 2 aliphatic heterocycles. The summed E-state index contributed by atoms with van der Waals surface area (Å²) in [6.07, 6.45) is 5.16. The van der Waals surface area contributed by atoms with E-state index < -0.39 is 0 Å². The van der Waals surface area contributed by atoms with Crippen LogP contribution in [0.15, 0.2) is 41.5 Å². The molecule has 2 aliphatic rings. The van der Waals surface area contributed by atoms with E-state index in [9.17, 15) is 9.18 Å². The number of ether oxygens (including phenoxy) is 1. The Morgan fingerprint density at radius 3 is 3.00 bits per heavy atom. The summed E-state index contributed by atoms with van der Waals surface area (Å²) in [7, 11) is 1.62. The number of rotatable bonds is 5. The molecule has 0 fully saturated rings. The van der Waals surface area contributed by atoms with Crippen LogP contribution in [0, 0.1) is 12.7 Å². The third kappa shape index (κ3) is 4.16. The molecule has 0 N–H and O–H groups in total. The van der Waals surface area contributed by atoms with E-state index in [4.69, 9.17) is 9.72 Å². The highest BCUT2D eigenvalue weighted by Gasteiger charge is 2.24. The number of nitrogens with zero attached hydrogens (tertiary/aromatic N) is 4. The fourth-order valence-electron chi connectivity index (χ4n) is 4.57. The predicted molar refractivity (Wildman–Crippen MR) is 124 cm³/mol. The van der Waals surface area contributed by atoms with E-state index in [2.05, 4.69) is 21.8 Å². The average molecular weight is 445 g/mol. The summed E-state index contributed by atoms with van der Waals surface area (Å²) >= 11 is 0. The minimum atomic E-state index is -0.310. The second-order valence-corrected chi connectivity index (χ2v) is 8.52. The summed E-state index contributed by atoms with van der Waals surface area (Å²) in [4.78, 5) is 27.4. The quantitative estimate of drug-likeness (QED) is 0.441. The van der Waals surface area contributed by atoms with Crippen LogP contribution in [0.4, 0.5) is 4.39 Å². The second kappa shape index (κ2) is 8.83. The summed E-state index contributed by atoms with van der Waals surface area (Å²) < 4.78 is 19.1. The first-order valence-electron chi connectivity index (χ1n) is 11.1. The number of fused-ring (bicyclic) bond motifs is 2. The third-order valence-corrected chi connectivity index (χ3v) is 6.51. The number of aromatic nitrogens is 2. The molecule has 33 heavy (non-hydrogen) atoms. The van der Waals surface area contributed by atoms with Crippen LogP contribution in [0.3, 0.4) is 0 Å². The van der Waals surface area contributed by atoms with E-state index >= 15 is 0 Å². The van der Waals surface area contributed by atoms with Crippen LogP contribution in [-0.2, 0) is 30.7 Å². The van der Waals surface area contributed by atoms with Gasteiger partial charge in [-0.1, -0.05) is 6.07 Å². The molecule has 168 valence electrons. The molecule has 6 nitrogen and oxygen atoms in total. The molecule has 0 spiro atoms. The highest BCUT2D eigenvalue weighted by Crippen LogP contribution is 2.27. The lowest BCUT2D eigenvalue weighted by atomic mass is 9.96. The van der Waals surface area contributed by atoms with Gasteiger partial charge in [0, 0.05) is 67.8 Å². The van der Waals surface area contributed by atoms with E-state index in [0.29, 0.717) is 23.6 Å². The first kappa shape index (κ1) is 21.4. The number of esters is 1. The average Bonchev–Trinajstić information content (AvgIpc) is 3.21. The number of benzene rings is 2. The Morgan fingerprint density at radius 1 is 1.27 bits per heavy atom. The van der Waals surface area contributed by atoms with Gasteiger partial charge in [-0.05, 0) is 48.7 Å². The number of cyclic esters (lactones) is 1. The first-order valence-corrected chi connectivity index (χ1v) is 11.1. The third-order valence-electron chi connectivity index (χ3n) is 6.51. The topological polar surface area (TPSA) is 67.7 Å². The van der Waals surface area contributed by atoms with E-state index in [-0.39, 0.29) is 11.8 Å². The van der Waals surface area contributed by atoms with Crippen molar-refractivity contribution in [3.63, 3.8) is 0 Å². The number of carbonyl (C=O) groups excluding carboxylic acids is 1. The molecule has 3 aromatic rings. The Kier molecular flexibility index (Phi) is 5.72. The Morgan fingerprint density at radius 2 is 2.15 bits per heavy atom. The van der Waals surface area contributed by atoms with Crippen molar-refractivity contribution in [2.75, 3.05) is 20.1 Å². The van der Waals surface area contributed by atoms with Crippen LogP contribution < -0.4 is 0 Å². The molecule has 0 radical (unpaired) electrons. The van der Waals surface area contributed by atoms with Crippen molar-refractivity contribution in [2.45, 2.75) is 32.9 Å². The van der Waals surface area contributed by atoms with Gasteiger partial charge in [-0.25, -0.2) is 19.2 Å². The second-order valence-electron chi connectivity index (χ2n) is 8.52. The molecular formula is C26H25FN4O2. The normalized spacial score (nSPS) is 15.5. The monoisotopic (exact) mass is 444 g/mol. The van der Waals surface area contributed by atoms with Gasteiger partial charge in [-0.2, -0.15) is 0 Å². The molecule has 0 amide bonds. The van der Waals surface area contributed by atoms with Crippen molar-refractivity contribution in [3.05, 3.63) is 81.4 Å². The number of hydrogen-bond donors (Lipinski definition) is 0. The predicted octanol–water partition coefficient (Wildman–Crippen LogP) is 3.91. The van der Waals surface area contributed by atoms with Gasteiger partial charge in [0.1, 0.15) is 12.4 Å². The van der Waals surface area contributed by atoms with E-state index in [1.165, 1.54) is 17.8 Å². The molecule has 2 aromatic carbocycles. The minimum Gasteiger partial charge on any atom is -0.457 e. The van der Waals surface area contributed by atoms with Gasteiger partial charge < -0.3 is 4.74 Å². The molecule has 5 rings (SSSR count). The van der Waals surface area contributed by atoms with Crippen molar-refractivity contribution in [3.8, 4) is 11.4 Å². The van der Waals surface area contributed by atoms with Crippen LogP contribution in [0.2, 0.25) is 0 Å². The Bertz CT molecular complexity index is 1270. The Balaban J connectivity index is 1.28. The lowest BCUT2D eigenvalue weighted by molar-refractivity contribution is 0.0535. The lowest BCUT2D eigenvalue weighted by Crippen LogP contribution is -2.33. The van der Waals surface area contributed by atoms with Crippen molar-refractivity contribution in [1.29, 1.82) is 0 Å². The van der Waals surface area contributed by atoms with Crippen molar-refractivity contribution in [1.82, 2.24) is 14.9 Å². The van der Waals surface area contributed by atoms with E-state index in [1.807, 2.05) is 18.3 Å². The van der Waals surface area contributed by atoms with Crippen LogP contribution in [0.5, 0.6) is 0 Å². The summed E-state index contributed by atoms with van der Waals surface area (Å²) in [5.41, 5.74) is 7.54. The van der Waals surface area contributed by atoms with E-state index in [1.54, 1.807) is 19.2 Å². The van der Waals surface area contributed by atoms with Crippen molar-refractivity contribution >= 4 is 12.2 Å². The van der Waals surface area contributed by atoms with Gasteiger partial charge in [0.05, 0.1) is 11.3 Å². The molecule has 0 bridgehead atoms. The van der Waals surface area contributed by atoms with Gasteiger partial charge in [-0.15, -0.1) is 0 Å². The smallest absolute Gasteiger partial charge is 0.338 e. The zero-order valence-electron chi connectivity index (χ0n) is 18.8. The van der Waals surface area contributed by atoms with E-state index in [0.717, 1.165) is 60.4 Å². The highest BCUT2D eigenvalue weighted by molar-refractivity contribution is 5.93. The standard InChI is InChI=1S/C26H25FN4O2/c1-16-17(3-5-21-22(16)15-33-26(21)32)7-9-31-10-8-24-20(14-31)13-29-25(30-24)18-4-6-23(27)19(11-18)12-28-2/h3-6,11-13H,7-10,14-15H2,1-2H3/b28-12+. The van der Waals surface area contributed by atoms with Crippen LogP contribution in [0.1, 0.15) is 43.9 Å². The Hall–Kier alpha value is -3.45. The number of carbonyl (C=O) groups is 1. The fraction of sp³-hybridized carbons (Fsp3) is 0.308. The van der Waals surface area contributed by atoms with Gasteiger partial charge in [0.15, 0.2) is 5.82 Å². The summed E-state index contributed by atoms with van der Waals surface area (Å²) in [5.74, 6) is 0.0798. The molecule has 0 unspecified atom stereocenters. The van der Waals surface area contributed by atoms with Gasteiger partial charge in [0.25, 0.3) is 0 Å². The van der Waals surface area contributed by atoms with Gasteiger partial charge in [0.2, 0.25) is 0 Å². The fourth-order valence-corrected chi connectivity index (χ4v) is 4.57. The highest BCUT2D eigenvalue weighted by atomic mass is 19.1. The van der Waals surface area contributed by atoms with Crippen LogP contribution in [-0.4, -0.2) is 47.2 Å². The number of hydrogen-bond acceptors (Lipinski definition) is 6. The van der Waals surface area contributed by atoms with Crippen LogP contribution >= 0.6 is 0 Å². The maximum Gasteiger partial charge on any atom is 0.338 e. The number of aliphatic imine (C=N–C) groups is 1. The minimum absolute atomic E-state index is 0.220. The van der Waals surface area contributed by atoms with Crippen molar-refractivity contribution in [2.24, 2.45) is 4.99 Å². The molecule has 0 saturated carbocycles. The van der Waals surface area contributed by atoms with Crippen molar-refractivity contribution < 1.29 is 13.9 Å². The molecular weight excluding hydrogens is 419 g/mol. The molecule has 0 aliphatic carbocycles. The maximum atomic E-state index is 13.9. The van der Waals surface area contributed by atoms with Gasteiger partial charge >= 0.3 is 5.97 Å². The zero-order chi connectivity index (χ0) is 22.9. The molecule has 0 saturated heterocycles. The summed E-state index contributed by atoms with van der Waals surface area (Å²) in [6, 6.07) is 8.81. The summed E-state index contributed by atoms with van der Waals surface area (Å²) in [6.45, 7) is 5.10. The molecule has 1 aromatic heterocycles. The lowest BCUT2D eigenvalue weighted by Gasteiger charge is -2.28. The maximum absolute atomic E-state index is 13.9.